The van der Waals surface area contributed by atoms with Crippen LogP contribution in [0.2, 0.25) is 0 Å². The van der Waals surface area contributed by atoms with Crippen molar-refractivity contribution >= 4 is 0 Å². The van der Waals surface area contributed by atoms with E-state index in [1.807, 2.05) is 6.07 Å². The lowest BCUT2D eigenvalue weighted by Gasteiger charge is -2.74. The molecule has 0 saturated heterocycles. The summed E-state index contributed by atoms with van der Waals surface area (Å²) in [6.07, 6.45) is 1.26. The Labute approximate surface area is 180 Å². The highest BCUT2D eigenvalue weighted by Gasteiger charge is 2.82. The minimum atomic E-state index is -3.78. The first-order chi connectivity index (χ1) is 15.1. The van der Waals surface area contributed by atoms with Crippen LogP contribution in [-0.4, -0.2) is 31.2 Å². The molecule has 3 aliphatic carbocycles. The average molecular weight is 443 g/mol. The largest absolute Gasteiger partial charge is 0.377 e. The first-order valence-corrected chi connectivity index (χ1v) is 9.92. The molecule has 3 aromatic rings. The number of nitrogens with zero attached hydrogens (tertiary/aromatic N) is 5. The van der Waals surface area contributed by atoms with E-state index >= 15 is 8.78 Å². The average Bonchev–Trinajstić information content (AvgIpc) is 3.18. The van der Waals surface area contributed by atoms with Crippen LogP contribution in [0, 0.1) is 28.4 Å². The molecule has 0 spiro atoms. The summed E-state index contributed by atoms with van der Waals surface area (Å²) >= 11 is 0. The van der Waals surface area contributed by atoms with Crippen molar-refractivity contribution in [2.45, 2.75) is 42.7 Å². The van der Waals surface area contributed by atoms with Gasteiger partial charge >= 0.3 is 0 Å². The molecule has 164 valence electrons. The SMILES string of the molecule is N#Cc1cccc(C23CC(C(F)(F)C(O)(Cn4cnnn4)c4ccc(F)cc4F)(C2)C3)c1. The van der Waals surface area contributed by atoms with Crippen LogP contribution in [0.15, 0.2) is 48.8 Å². The molecule has 3 fully saturated rings. The van der Waals surface area contributed by atoms with Crippen molar-refractivity contribution in [3.05, 3.63) is 77.1 Å². The van der Waals surface area contributed by atoms with Crippen LogP contribution in [0.4, 0.5) is 17.6 Å². The fraction of sp³-hybridized carbons (Fsp3) is 0.364. The molecule has 6 rings (SSSR count). The summed E-state index contributed by atoms with van der Waals surface area (Å²) in [7, 11) is 0. The lowest BCUT2D eigenvalue weighted by atomic mass is 9.30. The van der Waals surface area contributed by atoms with E-state index in [-0.39, 0.29) is 19.3 Å². The van der Waals surface area contributed by atoms with Crippen molar-refractivity contribution in [1.29, 1.82) is 5.26 Å². The van der Waals surface area contributed by atoms with Crippen molar-refractivity contribution < 1.29 is 22.7 Å². The Balaban J connectivity index is 1.52. The van der Waals surface area contributed by atoms with Gasteiger partial charge in [0.2, 0.25) is 0 Å². The molecule has 3 aliphatic rings. The molecule has 1 N–H and O–H groups in total. The quantitative estimate of drug-likeness (QED) is 0.590. The summed E-state index contributed by atoms with van der Waals surface area (Å²) < 4.78 is 61.2. The molecule has 3 saturated carbocycles. The topological polar surface area (TPSA) is 87.6 Å². The zero-order valence-electron chi connectivity index (χ0n) is 16.6. The van der Waals surface area contributed by atoms with E-state index < -0.39 is 46.1 Å². The van der Waals surface area contributed by atoms with E-state index in [2.05, 4.69) is 15.5 Å². The second-order valence-electron chi connectivity index (χ2n) is 8.85. The molecule has 32 heavy (non-hydrogen) atoms. The molecule has 10 heteroatoms. The smallest absolute Gasteiger partial charge is 0.287 e. The lowest BCUT2D eigenvalue weighted by molar-refractivity contribution is -0.347. The molecule has 1 atom stereocenters. The van der Waals surface area contributed by atoms with E-state index in [1.54, 1.807) is 24.3 Å². The third-order valence-electron chi connectivity index (χ3n) is 6.98. The number of benzene rings is 2. The van der Waals surface area contributed by atoms with Crippen molar-refractivity contribution in [3.63, 3.8) is 0 Å². The first kappa shape index (κ1) is 20.6. The van der Waals surface area contributed by atoms with E-state index in [0.717, 1.165) is 28.7 Å². The van der Waals surface area contributed by atoms with Gasteiger partial charge in [-0.1, -0.05) is 12.1 Å². The van der Waals surface area contributed by atoms with E-state index in [9.17, 15) is 13.9 Å². The minimum absolute atomic E-state index is 0.0720. The van der Waals surface area contributed by atoms with Gasteiger partial charge in [0.25, 0.3) is 5.92 Å². The Kier molecular flexibility index (Phi) is 4.24. The second kappa shape index (κ2) is 6.59. The number of aromatic nitrogens is 4. The predicted octanol–water partition coefficient (Wildman–Crippen LogP) is 3.47. The summed E-state index contributed by atoms with van der Waals surface area (Å²) in [4.78, 5) is 0. The maximum absolute atomic E-state index is 16.1. The van der Waals surface area contributed by atoms with Gasteiger partial charge in [-0.2, -0.15) is 5.26 Å². The lowest BCUT2D eigenvalue weighted by Crippen LogP contribution is -2.76. The Hall–Kier alpha value is -3.32. The molecular formula is C22H17F4N5O. The number of alkyl halides is 2. The van der Waals surface area contributed by atoms with Gasteiger partial charge in [0.1, 0.15) is 18.0 Å². The summed E-state index contributed by atoms with van der Waals surface area (Å²) in [6, 6.07) is 11.0. The van der Waals surface area contributed by atoms with Gasteiger partial charge < -0.3 is 5.11 Å². The maximum atomic E-state index is 16.1. The number of rotatable bonds is 6. The molecule has 0 aliphatic heterocycles. The van der Waals surface area contributed by atoms with Crippen LogP contribution in [0.3, 0.4) is 0 Å². The summed E-state index contributed by atoms with van der Waals surface area (Å²) in [5.41, 5.74) is -4.57. The Morgan fingerprint density at radius 2 is 1.88 bits per heavy atom. The Bertz CT molecular complexity index is 1220. The normalized spacial score (nSPS) is 25.9. The van der Waals surface area contributed by atoms with Gasteiger partial charge in [-0.25, -0.2) is 22.2 Å². The molecule has 2 aromatic carbocycles. The minimum Gasteiger partial charge on any atom is -0.377 e. The van der Waals surface area contributed by atoms with Crippen LogP contribution >= 0.6 is 0 Å². The van der Waals surface area contributed by atoms with Crippen LogP contribution < -0.4 is 0 Å². The highest BCUT2D eigenvalue weighted by molar-refractivity contribution is 5.46. The Morgan fingerprint density at radius 3 is 2.50 bits per heavy atom. The van der Waals surface area contributed by atoms with Gasteiger partial charge in [-0.3, -0.25) is 0 Å². The first-order valence-electron chi connectivity index (χ1n) is 9.92. The maximum Gasteiger partial charge on any atom is 0.287 e. The summed E-state index contributed by atoms with van der Waals surface area (Å²) in [6.45, 7) is -0.811. The van der Waals surface area contributed by atoms with E-state index in [1.165, 1.54) is 0 Å². The van der Waals surface area contributed by atoms with Gasteiger partial charge in [0.05, 0.1) is 18.2 Å². The van der Waals surface area contributed by atoms with Gasteiger partial charge in [0.15, 0.2) is 5.60 Å². The highest BCUT2D eigenvalue weighted by atomic mass is 19.3. The van der Waals surface area contributed by atoms with Crippen molar-refractivity contribution in [1.82, 2.24) is 20.2 Å². The van der Waals surface area contributed by atoms with Crippen molar-refractivity contribution in [2.24, 2.45) is 5.41 Å². The second-order valence-corrected chi connectivity index (χ2v) is 8.85. The molecule has 1 unspecified atom stereocenters. The number of tetrazole rings is 1. The van der Waals surface area contributed by atoms with E-state index in [0.29, 0.717) is 11.6 Å². The van der Waals surface area contributed by atoms with Crippen LogP contribution in [0.1, 0.15) is 36.0 Å². The van der Waals surface area contributed by atoms with Gasteiger partial charge in [0, 0.05) is 17.0 Å². The monoisotopic (exact) mass is 443 g/mol. The molecule has 2 bridgehead atoms. The predicted molar refractivity (Wildman–Crippen MR) is 102 cm³/mol. The summed E-state index contributed by atoms with van der Waals surface area (Å²) in [5, 5.41) is 30.8. The number of aliphatic hydroxyl groups is 1. The fourth-order valence-corrected chi connectivity index (χ4v) is 5.45. The Morgan fingerprint density at radius 1 is 1.12 bits per heavy atom. The highest BCUT2D eigenvalue weighted by Crippen LogP contribution is 2.80. The molecule has 6 nitrogen and oxygen atoms in total. The van der Waals surface area contributed by atoms with E-state index in [4.69, 9.17) is 5.26 Å². The van der Waals surface area contributed by atoms with Gasteiger partial charge in [-0.05, 0) is 64.9 Å². The van der Waals surface area contributed by atoms with Crippen molar-refractivity contribution in [3.8, 4) is 6.07 Å². The molecular weight excluding hydrogens is 426 g/mol. The van der Waals surface area contributed by atoms with Gasteiger partial charge in [-0.15, -0.1) is 5.10 Å². The third-order valence-corrected chi connectivity index (χ3v) is 6.98. The van der Waals surface area contributed by atoms with Crippen LogP contribution in [0.25, 0.3) is 0 Å². The van der Waals surface area contributed by atoms with Crippen molar-refractivity contribution in [2.75, 3.05) is 0 Å². The molecule has 0 amide bonds. The summed E-state index contributed by atoms with van der Waals surface area (Å²) in [5.74, 6) is -6.00. The fourth-order valence-electron chi connectivity index (χ4n) is 5.45. The molecule has 0 radical (unpaired) electrons. The standard InChI is InChI=1S/C22H17F4N5O/c23-16-4-5-17(18(24)7-16)21(32,12-31-13-28-29-30-31)22(25,26)20-9-19(10-20,11-20)15-3-1-2-14(6-15)8-27/h1-7,13,32H,9-12H2. The number of nitriles is 1. The van der Waals surface area contributed by atoms with Crippen LogP contribution in [0.5, 0.6) is 0 Å². The number of hydrogen-bond acceptors (Lipinski definition) is 5. The van der Waals surface area contributed by atoms with Crippen LogP contribution in [-0.2, 0) is 17.6 Å². The molecule has 1 aromatic heterocycles. The number of hydrogen-bond donors (Lipinski definition) is 1. The third kappa shape index (κ3) is 2.64. The molecule has 1 heterocycles. The number of halogens is 4. The zero-order chi connectivity index (χ0) is 22.8. The zero-order valence-corrected chi connectivity index (χ0v) is 16.6.